The van der Waals surface area contributed by atoms with Crippen LogP contribution >= 0.6 is 0 Å². The van der Waals surface area contributed by atoms with Crippen LogP contribution < -0.4 is 23.9 Å². The first kappa shape index (κ1) is 26.5. The first-order valence-electron chi connectivity index (χ1n) is 10.4. The van der Waals surface area contributed by atoms with Crippen molar-refractivity contribution in [3.63, 3.8) is 0 Å². The Morgan fingerprint density at radius 3 is 2.29 bits per heavy atom. The molecule has 0 aliphatic carbocycles. The fourth-order valence-corrected chi connectivity index (χ4v) is 3.61. The van der Waals surface area contributed by atoms with Crippen molar-refractivity contribution >= 4 is 27.8 Å². The Balaban J connectivity index is 2.11. The molecule has 34 heavy (non-hydrogen) atoms. The number of hydrazone groups is 1. The number of rotatable bonds is 14. The molecule has 0 fully saturated rings. The molecule has 1 N–H and O–H groups in total. The second-order valence-corrected chi connectivity index (χ2v) is 8.80. The topological polar surface area (TPSA) is 107 Å². The van der Waals surface area contributed by atoms with Crippen LogP contribution in [0.1, 0.15) is 12.5 Å². The van der Waals surface area contributed by atoms with E-state index in [4.69, 9.17) is 14.2 Å². The lowest BCUT2D eigenvalue weighted by Gasteiger charge is -2.21. The van der Waals surface area contributed by atoms with Crippen molar-refractivity contribution in [3.8, 4) is 17.2 Å². The van der Waals surface area contributed by atoms with Crippen molar-refractivity contribution in [2.45, 2.75) is 6.92 Å². The molecule has 0 saturated heterocycles. The maximum atomic E-state index is 12.4. The lowest BCUT2D eigenvalue weighted by atomic mass is 10.2. The van der Waals surface area contributed by atoms with Gasteiger partial charge in [-0.15, -0.1) is 0 Å². The highest BCUT2D eigenvalue weighted by molar-refractivity contribution is 7.92. The molecule has 10 heteroatoms. The van der Waals surface area contributed by atoms with E-state index < -0.39 is 22.5 Å². The number of ether oxygens (including phenoxy) is 3. The lowest BCUT2D eigenvalue weighted by Crippen LogP contribution is -2.39. The zero-order chi connectivity index (χ0) is 25.0. The first-order chi connectivity index (χ1) is 16.3. The predicted molar refractivity (Wildman–Crippen MR) is 133 cm³/mol. The second-order valence-electron chi connectivity index (χ2n) is 6.89. The first-order valence-corrected chi connectivity index (χ1v) is 12.3. The van der Waals surface area contributed by atoms with E-state index >= 15 is 0 Å². The third-order valence-electron chi connectivity index (χ3n) is 4.23. The number of hydrogen-bond acceptors (Lipinski definition) is 7. The maximum Gasteiger partial charge on any atom is 0.260 e. The Bertz CT molecular complexity index is 1110. The minimum atomic E-state index is -3.72. The fourth-order valence-electron chi connectivity index (χ4n) is 2.75. The van der Waals surface area contributed by atoms with Gasteiger partial charge in [-0.25, -0.2) is 13.8 Å². The molecule has 9 nitrogen and oxygen atoms in total. The van der Waals surface area contributed by atoms with Crippen LogP contribution in [0.3, 0.4) is 0 Å². The highest BCUT2D eigenvalue weighted by atomic mass is 32.2. The molecule has 0 aliphatic rings. The summed E-state index contributed by atoms with van der Waals surface area (Å²) in [6.07, 6.45) is 5.65. The highest BCUT2D eigenvalue weighted by Gasteiger charge is 2.20. The smallest absolute Gasteiger partial charge is 0.260 e. The summed E-state index contributed by atoms with van der Waals surface area (Å²) in [7, 11) is -3.72. The van der Waals surface area contributed by atoms with E-state index in [0.717, 1.165) is 10.6 Å². The van der Waals surface area contributed by atoms with Crippen LogP contribution in [0.25, 0.3) is 0 Å². The van der Waals surface area contributed by atoms with E-state index in [0.29, 0.717) is 41.7 Å². The molecule has 0 spiro atoms. The van der Waals surface area contributed by atoms with E-state index in [-0.39, 0.29) is 6.61 Å². The van der Waals surface area contributed by atoms with Gasteiger partial charge in [0, 0.05) is 11.6 Å². The molecule has 0 bridgehead atoms. The number of amides is 1. The number of hydrogen-bond donors (Lipinski definition) is 1. The van der Waals surface area contributed by atoms with Crippen molar-refractivity contribution in [1.82, 2.24) is 5.43 Å². The van der Waals surface area contributed by atoms with Crippen molar-refractivity contribution in [3.05, 3.63) is 73.3 Å². The van der Waals surface area contributed by atoms with Crippen molar-refractivity contribution < 1.29 is 27.4 Å². The van der Waals surface area contributed by atoms with Crippen LogP contribution in [0.2, 0.25) is 0 Å². The molecule has 0 aliphatic heterocycles. The summed E-state index contributed by atoms with van der Waals surface area (Å²) in [5, 5.41) is 3.94. The van der Waals surface area contributed by atoms with Gasteiger partial charge in [-0.3, -0.25) is 9.10 Å². The van der Waals surface area contributed by atoms with E-state index in [1.54, 1.807) is 54.6 Å². The molecular weight excluding hydrogens is 458 g/mol. The average molecular weight is 488 g/mol. The highest BCUT2D eigenvalue weighted by Crippen LogP contribution is 2.24. The van der Waals surface area contributed by atoms with Gasteiger partial charge in [-0.2, -0.15) is 5.10 Å². The minimum Gasteiger partial charge on any atom is -0.494 e. The molecule has 0 radical (unpaired) electrons. The van der Waals surface area contributed by atoms with E-state index in [1.807, 2.05) is 6.92 Å². The van der Waals surface area contributed by atoms with E-state index in [9.17, 15) is 13.2 Å². The summed E-state index contributed by atoms with van der Waals surface area (Å²) >= 11 is 0. The van der Waals surface area contributed by atoms with Gasteiger partial charge < -0.3 is 14.2 Å². The molecular formula is C24H29N3O6S. The number of sulfonamides is 1. The summed E-state index contributed by atoms with van der Waals surface area (Å²) in [6, 6.07) is 11.6. The van der Waals surface area contributed by atoms with E-state index in [1.165, 1.54) is 6.21 Å². The normalized spacial score (nSPS) is 11.0. The molecule has 1 amide bonds. The molecule has 2 aromatic carbocycles. The summed E-state index contributed by atoms with van der Waals surface area (Å²) in [5.41, 5.74) is 3.26. The molecule has 0 saturated carbocycles. The van der Waals surface area contributed by atoms with Crippen LogP contribution in [0, 0.1) is 0 Å². The van der Waals surface area contributed by atoms with Gasteiger partial charge in [0.05, 0.1) is 24.8 Å². The fraction of sp³-hybridized carbons (Fsp3) is 0.250. The van der Waals surface area contributed by atoms with Gasteiger partial charge in [0.25, 0.3) is 5.91 Å². The summed E-state index contributed by atoms with van der Waals surface area (Å²) in [4.78, 5) is 12.4. The van der Waals surface area contributed by atoms with E-state index in [2.05, 4.69) is 23.7 Å². The summed E-state index contributed by atoms with van der Waals surface area (Å²) in [6.45, 7) is 9.74. The zero-order valence-electron chi connectivity index (χ0n) is 19.3. The molecule has 0 unspecified atom stereocenters. The molecule has 2 rings (SSSR count). The number of carbonyl (C=O) groups is 1. The third kappa shape index (κ3) is 8.28. The van der Waals surface area contributed by atoms with Gasteiger partial charge in [-0.1, -0.05) is 25.3 Å². The SMILES string of the molecule is C=CCOc1ccc(C=NNC(=O)CN(c2ccc(OCC)cc2)S(C)(=O)=O)c(OCC=C)c1. The average Bonchev–Trinajstić information content (AvgIpc) is 2.81. The summed E-state index contributed by atoms with van der Waals surface area (Å²) in [5.74, 6) is 1.05. The van der Waals surface area contributed by atoms with Gasteiger partial charge in [0.2, 0.25) is 10.0 Å². The Hall–Kier alpha value is -3.79. The van der Waals surface area contributed by atoms with Gasteiger partial charge in [0.15, 0.2) is 0 Å². The number of nitrogens with zero attached hydrogens (tertiary/aromatic N) is 2. The van der Waals surface area contributed by atoms with Crippen LogP contribution in [0.15, 0.2) is 72.9 Å². The number of benzene rings is 2. The largest absolute Gasteiger partial charge is 0.494 e. The number of nitrogens with one attached hydrogen (secondary N) is 1. The predicted octanol–water partition coefficient (Wildman–Crippen LogP) is 3.13. The second kappa shape index (κ2) is 13.0. The Kier molecular flexibility index (Phi) is 10.2. The number of anilines is 1. The Labute approximate surface area is 200 Å². The Morgan fingerprint density at radius 1 is 1.03 bits per heavy atom. The number of carbonyl (C=O) groups excluding carboxylic acids is 1. The third-order valence-corrected chi connectivity index (χ3v) is 5.37. The van der Waals surface area contributed by atoms with Crippen LogP contribution in [0.5, 0.6) is 17.2 Å². The summed E-state index contributed by atoms with van der Waals surface area (Å²) < 4.78 is 42.0. The van der Waals surface area contributed by atoms with Crippen molar-refractivity contribution in [2.24, 2.45) is 5.10 Å². The van der Waals surface area contributed by atoms with Crippen molar-refractivity contribution in [1.29, 1.82) is 0 Å². The quantitative estimate of drug-likeness (QED) is 0.249. The zero-order valence-corrected chi connectivity index (χ0v) is 20.1. The van der Waals surface area contributed by atoms with Gasteiger partial charge in [0.1, 0.15) is 37.0 Å². The molecule has 2 aromatic rings. The standard InChI is InChI=1S/C24H29N3O6S/c1-5-14-32-22-11-8-19(23(16-22)33-15-6-2)17-25-26-24(28)18-27(34(4,29)30)20-9-12-21(13-10-20)31-7-3/h5-6,8-13,16-17H,1-2,7,14-15,18H2,3-4H3,(H,26,28). The molecule has 0 heterocycles. The minimum absolute atomic E-state index is 0.267. The van der Waals surface area contributed by atoms with Gasteiger partial charge in [-0.05, 0) is 43.3 Å². The lowest BCUT2D eigenvalue weighted by molar-refractivity contribution is -0.119. The molecule has 0 aromatic heterocycles. The Morgan fingerprint density at radius 2 is 1.68 bits per heavy atom. The molecule has 0 atom stereocenters. The van der Waals surface area contributed by atoms with Crippen LogP contribution in [0.4, 0.5) is 5.69 Å². The van der Waals surface area contributed by atoms with Crippen LogP contribution in [-0.2, 0) is 14.8 Å². The maximum absolute atomic E-state index is 12.4. The monoisotopic (exact) mass is 487 g/mol. The van der Waals surface area contributed by atoms with Crippen LogP contribution in [-0.4, -0.2) is 53.2 Å². The molecule has 182 valence electrons. The van der Waals surface area contributed by atoms with Crippen molar-refractivity contribution in [2.75, 3.05) is 36.9 Å². The van der Waals surface area contributed by atoms with Gasteiger partial charge >= 0.3 is 0 Å².